The van der Waals surface area contributed by atoms with Gasteiger partial charge < -0.3 is 4.74 Å². The van der Waals surface area contributed by atoms with E-state index in [2.05, 4.69) is 24.3 Å². The molecule has 0 heterocycles. The third-order valence-electron chi connectivity index (χ3n) is 1.97. The van der Waals surface area contributed by atoms with Crippen LogP contribution in [0.1, 0.15) is 6.42 Å². The Morgan fingerprint density at radius 2 is 2.27 bits per heavy atom. The zero-order chi connectivity index (χ0) is 7.68. The molecule has 0 amide bonds. The van der Waals surface area contributed by atoms with E-state index in [1.165, 1.54) is 11.1 Å². The Balaban J connectivity index is 2.34. The Morgan fingerprint density at radius 1 is 1.36 bits per heavy atom. The van der Waals surface area contributed by atoms with Crippen LogP contribution in [0.5, 0.6) is 0 Å². The van der Waals surface area contributed by atoms with Gasteiger partial charge in [-0.15, -0.1) is 0 Å². The van der Waals surface area contributed by atoms with Gasteiger partial charge in [-0.25, -0.2) is 0 Å². The van der Waals surface area contributed by atoms with E-state index < -0.39 is 0 Å². The van der Waals surface area contributed by atoms with E-state index in [9.17, 15) is 0 Å². The molecule has 0 unspecified atom stereocenters. The van der Waals surface area contributed by atoms with Crippen molar-refractivity contribution < 1.29 is 4.74 Å². The summed E-state index contributed by atoms with van der Waals surface area (Å²) in [5, 5.41) is 0. The summed E-state index contributed by atoms with van der Waals surface area (Å²) in [5.41, 5.74) is 2.52. The SMILES string of the molecule is COC1=CC=C2C=CCC=C21. The average Bonchev–Trinajstić information content (AvgIpc) is 2.47. The molecule has 0 saturated heterocycles. The first-order chi connectivity index (χ1) is 5.42. The summed E-state index contributed by atoms with van der Waals surface area (Å²) in [5.74, 6) is 0.990. The van der Waals surface area contributed by atoms with Crippen molar-refractivity contribution in [2.75, 3.05) is 7.11 Å². The number of methoxy groups -OCH3 is 1. The lowest BCUT2D eigenvalue weighted by atomic mass is 10.0. The van der Waals surface area contributed by atoms with Crippen LogP contribution < -0.4 is 0 Å². The monoisotopic (exact) mass is 146 g/mol. The number of hydrogen-bond acceptors (Lipinski definition) is 1. The third kappa shape index (κ3) is 0.929. The van der Waals surface area contributed by atoms with Gasteiger partial charge in [0, 0.05) is 5.57 Å². The first-order valence-corrected chi connectivity index (χ1v) is 3.75. The van der Waals surface area contributed by atoms with Gasteiger partial charge in [-0.2, -0.15) is 0 Å². The van der Waals surface area contributed by atoms with Gasteiger partial charge in [-0.1, -0.05) is 24.3 Å². The predicted molar refractivity (Wildman–Crippen MR) is 45.0 cm³/mol. The van der Waals surface area contributed by atoms with Gasteiger partial charge in [0.05, 0.1) is 7.11 Å². The van der Waals surface area contributed by atoms with Crippen molar-refractivity contribution in [2.24, 2.45) is 0 Å². The summed E-state index contributed by atoms with van der Waals surface area (Å²) < 4.78 is 5.19. The molecule has 0 N–H and O–H groups in total. The largest absolute Gasteiger partial charge is 0.496 e. The first-order valence-electron chi connectivity index (χ1n) is 3.75. The molecule has 0 atom stereocenters. The molecule has 2 rings (SSSR count). The molecule has 56 valence electrons. The Kier molecular flexibility index (Phi) is 1.42. The quantitative estimate of drug-likeness (QED) is 0.551. The number of ether oxygens (including phenoxy) is 1. The van der Waals surface area contributed by atoms with Crippen molar-refractivity contribution in [2.45, 2.75) is 6.42 Å². The highest BCUT2D eigenvalue weighted by molar-refractivity contribution is 5.58. The fourth-order valence-electron chi connectivity index (χ4n) is 1.41. The van der Waals surface area contributed by atoms with E-state index in [1.54, 1.807) is 7.11 Å². The highest BCUT2D eigenvalue weighted by Crippen LogP contribution is 2.30. The first kappa shape index (κ1) is 6.47. The van der Waals surface area contributed by atoms with Gasteiger partial charge in [-0.05, 0) is 18.1 Å². The highest BCUT2D eigenvalue weighted by atomic mass is 16.5. The molecule has 0 aromatic rings. The van der Waals surface area contributed by atoms with E-state index in [-0.39, 0.29) is 0 Å². The number of allylic oxidation sites excluding steroid dienone is 6. The minimum atomic E-state index is 0.990. The Morgan fingerprint density at radius 3 is 3.09 bits per heavy atom. The topological polar surface area (TPSA) is 9.23 Å². The number of rotatable bonds is 1. The van der Waals surface area contributed by atoms with Gasteiger partial charge in [-0.3, -0.25) is 0 Å². The van der Waals surface area contributed by atoms with Gasteiger partial charge in [0.15, 0.2) is 0 Å². The maximum Gasteiger partial charge on any atom is 0.126 e. The van der Waals surface area contributed by atoms with Crippen molar-refractivity contribution >= 4 is 0 Å². The molecule has 11 heavy (non-hydrogen) atoms. The van der Waals surface area contributed by atoms with Crippen LogP contribution in [0.15, 0.2) is 47.3 Å². The smallest absolute Gasteiger partial charge is 0.126 e. The van der Waals surface area contributed by atoms with E-state index >= 15 is 0 Å². The molecule has 0 fully saturated rings. The summed E-state index contributed by atoms with van der Waals surface area (Å²) in [4.78, 5) is 0. The molecule has 0 bridgehead atoms. The van der Waals surface area contributed by atoms with Crippen LogP contribution in [0.4, 0.5) is 0 Å². The lowest BCUT2D eigenvalue weighted by Gasteiger charge is -2.08. The van der Waals surface area contributed by atoms with Gasteiger partial charge >= 0.3 is 0 Å². The maximum atomic E-state index is 5.19. The average molecular weight is 146 g/mol. The molecule has 1 nitrogen and oxygen atoms in total. The second kappa shape index (κ2) is 2.42. The van der Waals surface area contributed by atoms with Crippen LogP contribution in [-0.4, -0.2) is 7.11 Å². The van der Waals surface area contributed by atoms with Crippen LogP contribution in [0.3, 0.4) is 0 Å². The highest BCUT2D eigenvalue weighted by Gasteiger charge is 2.14. The summed E-state index contributed by atoms with van der Waals surface area (Å²) in [7, 11) is 1.71. The summed E-state index contributed by atoms with van der Waals surface area (Å²) in [6.07, 6.45) is 11.6. The molecule has 2 aliphatic carbocycles. The van der Waals surface area contributed by atoms with Gasteiger partial charge in [0.1, 0.15) is 5.76 Å². The molecule has 0 radical (unpaired) electrons. The normalized spacial score (nSPS) is 20.3. The molecule has 0 aliphatic heterocycles. The Hall–Kier alpha value is -1.24. The van der Waals surface area contributed by atoms with Crippen LogP contribution in [-0.2, 0) is 4.74 Å². The van der Waals surface area contributed by atoms with Crippen molar-refractivity contribution in [3.8, 4) is 0 Å². The lowest BCUT2D eigenvalue weighted by Crippen LogP contribution is -1.92. The lowest BCUT2D eigenvalue weighted by molar-refractivity contribution is 0.303. The van der Waals surface area contributed by atoms with Gasteiger partial charge in [0.2, 0.25) is 0 Å². The Bertz CT molecular complexity index is 290. The molecule has 1 heteroatoms. The zero-order valence-electron chi connectivity index (χ0n) is 6.50. The van der Waals surface area contributed by atoms with Crippen LogP contribution >= 0.6 is 0 Å². The molecule has 2 aliphatic rings. The molecule has 0 saturated carbocycles. The molecular formula is C10H10O. The van der Waals surface area contributed by atoms with Crippen molar-refractivity contribution in [3.05, 3.63) is 47.3 Å². The van der Waals surface area contributed by atoms with E-state index in [0.717, 1.165) is 12.2 Å². The summed E-state index contributed by atoms with van der Waals surface area (Å²) in [6, 6.07) is 0. The minimum Gasteiger partial charge on any atom is -0.496 e. The maximum absolute atomic E-state index is 5.19. The number of hydrogen-bond donors (Lipinski definition) is 0. The van der Waals surface area contributed by atoms with Crippen molar-refractivity contribution in [3.63, 3.8) is 0 Å². The Labute approximate surface area is 66.4 Å². The minimum absolute atomic E-state index is 0.990. The van der Waals surface area contributed by atoms with Gasteiger partial charge in [0.25, 0.3) is 0 Å². The van der Waals surface area contributed by atoms with Crippen LogP contribution in [0, 0.1) is 0 Å². The van der Waals surface area contributed by atoms with E-state index in [1.807, 2.05) is 6.08 Å². The van der Waals surface area contributed by atoms with E-state index in [0.29, 0.717) is 0 Å². The fourth-order valence-corrected chi connectivity index (χ4v) is 1.41. The fraction of sp³-hybridized carbons (Fsp3) is 0.200. The van der Waals surface area contributed by atoms with Crippen LogP contribution in [0.25, 0.3) is 0 Å². The molecule has 0 spiro atoms. The van der Waals surface area contributed by atoms with E-state index in [4.69, 9.17) is 4.74 Å². The molecule has 0 aromatic carbocycles. The van der Waals surface area contributed by atoms with Crippen LogP contribution in [0.2, 0.25) is 0 Å². The predicted octanol–water partition coefficient (Wildman–Crippen LogP) is 2.34. The third-order valence-corrected chi connectivity index (χ3v) is 1.97. The molecule has 0 aromatic heterocycles. The van der Waals surface area contributed by atoms with Crippen molar-refractivity contribution in [1.82, 2.24) is 0 Å². The second-order valence-corrected chi connectivity index (χ2v) is 2.61. The standard InChI is InChI=1S/C10H10O/c1-11-10-7-6-8-4-2-3-5-9(8)10/h2,4-7H,3H2,1H3. The van der Waals surface area contributed by atoms with Crippen molar-refractivity contribution in [1.29, 1.82) is 0 Å². The summed E-state index contributed by atoms with van der Waals surface area (Å²) in [6.45, 7) is 0. The second-order valence-electron chi connectivity index (χ2n) is 2.61. The summed E-state index contributed by atoms with van der Waals surface area (Å²) >= 11 is 0. The zero-order valence-corrected chi connectivity index (χ0v) is 6.50. The number of fused-ring (bicyclic) bond motifs is 1. The molecular weight excluding hydrogens is 136 g/mol.